The molecule has 0 saturated heterocycles. The standard InChI is InChI=1S/C25H33N5O7/c1-5-35-22(33)17(29-24(34)36-14-25(2,3)4)13-15-6-7-18-16(12-15)28-21(32)19(37-18)8-9-20(31)30-23-26-10-11-27-23/h6-7,10-12,17,19H,5,8-9,13-14H2,1-4H3,(H,28,32)(H,29,34)(H2,26,27,30,31). The lowest BCUT2D eigenvalue weighted by Crippen LogP contribution is -2.44. The SMILES string of the molecule is CCOC(=O)C(Cc1ccc2c(c1)NC(=O)C(CCC(=O)Nc1ncc[nH]1)O2)NC(=O)OCC(C)(C)C. The molecule has 12 nitrogen and oxygen atoms in total. The number of aromatic amines is 1. The Morgan fingerprint density at radius 2 is 2.00 bits per heavy atom. The molecule has 4 N–H and O–H groups in total. The maximum atomic E-state index is 12.6. The lowest BCUT2D eigenvalue weighted by molar-refractivity contribution is -0.145. The Balaban J connectivity index is 1.60. The quantitative estimate of drug-likeness (QED) is 0.351. The normalized spacial score (nSPS) is 15.5. The molecule has 1 aliphatic heterocycles. The summed E-state index contributed by atoms with van der Waals surface area (Å²) in [4.78, 5) is 56.1. The molecule has 1 aromatic heterocycles. The summed E-state index contributed by atoms with van der Waals surface area (Å²) in [6.45, 7) is 7.79. The Morgan fingerprint density at radius 3 is 2.68 bits per heavy atom. The van der Waals surface area contributed by atoms with Crippen molar-refractivity contribution in [1.29, 1.82) is 0 Å². The number of aromatic nitrogens is 2. The van der Waals surface area contributed by atoms with Gasteiger partial charge in [0.1, 0.15) is 11.8 Å². The Morgan fingerprint density at radius 1 is 1.22 bits per heavy atom. The predicted molar refractivity (Wildman–Crippen MR) is 134 cm³/mol. The number of amides is 3. The number of carbonyl (C=O) groups is 4. The zero-order valence-electron chi connectivity index (χ0n) is 21.4. The van der Waals surface area contributed by atoms with Crippen molar-refractivity contribution in [2.75, 3.05) is 23.8 Å². The van der Waals surface area contributed by atoms with E-state index in [2.05, 4.69) is 25.9 Å². The number of nitrogens with zero attached hydrogens (tertiary/aromatic N) is 1. The topological polar surface area (TPSA) is 161 Å². The highest BCUT2D eigenvalue weighted by Crippen LogP contribution is 2.32. The van der Waals surface area contributed by atoms with E-state index < -0.39 is 24.2 Å². The van der Waals surface area contributed by atoms with Crippen LogP contribution in [0.2, 0.25) is 0 Å². The zero-order valence-corrected chi connectivity index (χ0v) is 21.4. The van der Waals surface area contributed by atoms with Crippen LogP contribution in [0.25, 0.3) is 0 Å². The van der Waals surface area contributed by atoms with Gasteiger partial charge in [-0.2, -0.15) is 0 Å². The van der Waals surface area contributed by atoms with Crippen molar-refractivity contribution >= 4 is 35.5 Å². The van der Waals surface area contributed by atoms with Gasteiger partial charge in [-0.1, -0.05) is 26.8 Å². The molecule has 0 radical (unpaired) electrons. The molecule has 0 saturated carbocycles. The smallest absolute Gasteiger partial charge is 0.407 e. The van der Waals surface area contributed by atoms with Gasteiger partial charge in [0.2, 0.25) is 11.9 Å². The predicted octanol–water partition coefficient (Wildman–Crippen LogP) is 2.77. The molecule has 2 unspecified atom stereocenters. The Bertz CT molecular complexity index is 1110. The van der Waals surface area contributed by atoms with Gasteiger partial charge in [0.15, 0.2) is 6.10 Å². The van der Waals surface area contributed by atoms with Crippen LogP contribution in [0.3, 0.4) is 0 Å². The fourth-order valence-electron chi connectivity index (χ4n) is 3.44. The third kappa shape index (κ3) is 8.51. The lowest BCUT2D eigenvalue weighted by Gasteiger charge is -2.26. The minimum absolute atomic E-state index is 0.0599. The van der Waals surface area contributed by atoms with Gasteiger partial charge in [-0.25, -0.2) is 14.6 Å². The number of ether oxygens (including phenoxy) is 3. The Kier molecular flexibility index (Phi) is 9.10. The number of fused-ring (bicyclic) bond motifs is 1. The minimum atomic E-state index is -0.980. The van der Waals surface area contributed by atoms with E-state index in [1.807, 2.05) is 20.8 Å². The summed E-state index contributed by atoms with van der Waals surface area (Å²) < 4.78 is 16.1. The fraction of sp³-hybridized carbons (Fsp3) is 0.480. The zero-order chi connectivity index (χ0) is 27.0. The highest BCUT2D eigenvalue weighted by molar-refractivity contribution is 5.98. The first-order chi connectivity index (χ1) is 17.5. The molecule has 2 atom stereocenters. The van der Waals surface area contributed by atoms with Crippen molar-refractivity contribution in [3.8, 4) is 5.75 Å². The highest BCUT2D eigenvalue weighted by atomic mass is 16.6. The summed E-state index contributed by atoms with van der Waals surface area (Å²) in [6, 6.07) is 4.08. The Labute approximate surface area is 214 Å². The van der Waals surface area contributed by atoms with Crippen molar-refractivity contribution in [1.82, 2.24) is 15.3 Å². The molecule has 2 aromatic rings. The van der Waals surface area contributed by atoms with Gasteiger partial charge in [-0.15, -0.1) is 0 Å². The molecule has 0 spiro atoms. The molecular weight excluding hydrogens is 482 g/mol. The molecule has 3 rings (SSSR count). The van der Waals surface area contributed by atoms with Crippen molar-refractivity contribution in [3.63, 3.8) is 0 Å². The number of anilines is 2. The van der Waals surface area contributed by atoms with E-state index in [1.165, 1.54) is 6.20 Å². The molecular formula is C25H33N5O7. The Hall–Kier alpha value is -4.09. The van der Waals surface area contributed by atoms with Crippen LogP contribution in [0.15, 0.2) is 30.6 Å². The summed E-state index contributed by atoms with van der Waals surface area (Å²) in [5, 5.41) is 7.94. The number of esters is 1. The van der Waals surface area contributed by atoms with E-state index >= 15 is 0 Å². The van der Waals surface area contributed by atoms with Crippen molar-refractivity contribution in [3.05, 3.63) is 36.2 Å². The lowest BCUT2D eigenvalue weighted by atomic mass is 9.99. The summed E-state index contributed by atoms with van der Waals surface area (Å²) in [6.07, 6.45) is 1.89. The molecule has 0 aliphatic carbocycles. The number of H-pyrrole nitrogens is 1. The molecule has 1 aliphatic rings. The number of hydrogen-bond donors (Lipinski definition) is 4. The second kappa shape index (κ2) is 12.2. The molecule has 1 aromatic carbocycles. The third-order valence-electron chi connectivity index (χ3n) is 5.19. The van der Waals surface area contributed by atoms with Gasteiger partial charge in [-0.3, -0.25) is 14.9 Å². The van der Waals surface area contributed by atoms with Gasteiger partial charge in [-0.05, 0) is 30.0 Å². The summed E-state index contributed by atoms with van der Waals surface area (Å²) in [5.41, 5.74) is 0.860. The molecule has 12 heteroatoms. The van der Waals surface area contributed by atoms with Crippen molar-refractivity contribution < 1.29 is 33.4 Å². The molecule has 3 amide bonds. The second-order valence-corrected chi connectivity index (χ2v) is 9.74. The van der Waals surface area contributed by atoms with Crippen LogP contribution in [0.5, 0.6) is 5.75 Å². The second-order valence-electron chi connectivity index (χ2n) is 9.74. The van der Waals surface area contributed by atoms with E-state index in [4.69, 9.17) is 14.2 Å². The largest absolute Gasteiger partial charge is 0.478 e. The third-order valence-corrected chi connectivity index (χ3v) is 5.19. The van der Waals surface area contributed by atoms with E-state index in [9.17, 15) is 19.2 Å². The van der Waals surface area contributed by atoms with E-state index in [-0.39, 0.29) is 49.7 Å². The number of benzene rings is 1. The average molecular weight is 516 g/mol. The summed E-state index contributed by atoms with van der Waals surface area (Å²) in [7, 11) is 0. The maximum absolute atomic E-state index is 12.6. The van der Waals surface area contributed by atoms with Crippen LogP contribution in [0.1, 0.15) is 46.1 Å². The average Bonchev–Trinajstić information content (AvgIpc) is 3.33. The highest BCUT2D eigenvalue weighted by Gasteiger charge is 2.29. The van der Waals surface area contributed by atoms with Crippen LogP contribution in [-0.4, -0.2) is 59.2 Å². The first kappa shape index (κ1) is 27.5. The minimum Gasteiger partial charge on any atom is -0.478 e. The number of alkyl carbamates (subject to hydrolysis) is 1. The fourth-order valence-corrected chi connectivity index (χ4v) is 3.44. The number of rotatable bonds is 10. The van der Waals surface area contributed by atoms with Crippen LogP contribution < -0.4 is 20.7 Å². The van der Waals surface area contributed by atoms with Crippen molar-refractivity contribution in [2.45, 2.75) is 59.1 Å². The summed E-state index contributed by atoms with van der Waals surface area (Å²) in [5.74, 6) is -0.520. The molecule has 0 bridgehead atoms. The molecule has 0 fully saturated rings. The van der Waals surface area contributed by atoms with Crippen LogP contribution in [-0.2, 0) is 30.3 Å². The maximum Gasteiger partial charge on any atom is 0.407 e. The number of nitrogens with one attached hydrogen (secondary N) is 4. The molecule has 37 heavy (non-hydrogen) atoms. The van der Waals surface area contributed by atoms with Gasteiger partial charge in [0.05, 0.1) is 18.9 Å². The van der Waals surface area contributed by atoms with E-state index in [0.717, 1.165) is 0 Å². The van der Waals surface area contributed by atoms with E-state index in [1.54, 1.807) is 31.3 Å². The van der Waals surface area contributed by atoms with Crippen LogP contribution >= 0.6 is 0 Å². The van der Waals surface area contributed by atoms with Gasteiger partial charge >= 0.3 is 12.1 Å². The van der Waals surface area contributed by atoms with Crippen LogP contribution in [0, 0.1) is 5.41 Å². The number of carbonyl (C=O) groups excluding carboxylic acids is 4. The van der Waals surface area contributed by atoms with Gasteiger partial charge in [0, 0.05) is 31.7 Å². The monoisotopic (exact) mass is 515 g/mol. The van der Waals surface area contributed by atoms with Crippen molar-refractivity contribution in [2.24, 2.45) is 5.41 Å². The van der Waals surface area contributed by atoms with Gasteiger partial charge in [0.25, 0.3) is 5.91 Å². The molecule has 200 valence electrons. The number of hydrogen-bond acceptors (Lipinski definition) is 8. The first-order valence-corrected chi connectivity index (χ1v) is 12.0. The van der Waals surface area contributed by atoms with Gasteiger partial charge < -0.3 is 29.8 Å². The summed E-state index contributed by atoms with van der Waals surface area (Å²) >= 11 is 0. The van der Waals surface area contributed by atoms with Crippen LogP contribution in [0.4, 0.5) is 16.4 Å². The first-order valence-electron chi connectivity index (χ1n) is 12.0. The molecule has 2 heterocycles. The number of imidazole rings is 1. The van der Waals surface area contributed by atoms with E-state index in [0.29, 0.717) is 22.9 Å².